The van der Waals surface area contributed by atoms with Crippen molar-refractivity contribution in [1.82, 2.24) is 0 Å². The van der Waals surface area contributed by atoms with E-state index in [1.165, 1.54) is 52.7 Å². The Labute approximate surface area is 117 Å². The van der Waals surface area contributed by atoms with Gasteiger partial charge in [0.05, 0.1) is 0 Å². The molecule has 0 heterocycles. The molecule has 0 saturated carbocycles. The highest BCUT2D eigenvalue weighted by Crippen LogP contribution is 2.29. The van der Waals surface area contributed by atoms with Crippen LogP contribution in [-0.2, 0) is 0 Å². The molecule has 0 fully saturated rings. The normalized spacial score (nSPS) is 17.8. The highest BCUT2D eigenvalue weighted by Gasteiger charge is 2.09. The molecule has 0 amide bonds. The van der Waals surface area contributed by atoms with Crippen LogP contribution in [0, 0.1) is 0 Å². The van der Waals surface area contributed by atoms with Gasteiger partial charge in [-0.1, -0.05) is 59.8 Å². The summed E-state index contributed by atoms with van der Waals surface area (Å²) >= 11 is 0. The molecule has 100 valence electrons. The third kappa shape index (κ3) is 3.70. The zero-order valence-electron chi connectivity index (χ0n) is 12.3. The van der Waals surface area contributed by atoms with Crippen molar-refractivity contribution in [2.45, 2.75) is 46.0 Å². The summed E-state index contributed by atoms with van der Waals surface area (Å²) in [5, 5.41) is 0. The highest BCUT2D eigenvalue weighted by atomic mass is 14.1. The maximum absolute atomic E-state index is 4.01. The van der Waals surface area contributed by atoms with Gasteiger partial charge in [0.1, 0.15) is 0 Å². The van der Waals surface area contributed by atoms with Gasteiger partial charge in [0.15, 0.2) is 0 Å². The summed E-state index contributed by atoms with van der Waals surface area (Å²) in [6.45, 7) is 12.2. The fourth-order valence-corrected chi connectivity index (χ4v) is 2.61. The molecule has 0 bridgehead atoms. The first-order chi connectivity index (χ1) is 9.06. The average molecular weight is 252 g/mol. The molecule has 0 N–H and O–H groups in total. The van der Waals surface area contributed by atoms with Crippen LogP contribution in [0.1, 0.15) is 46.0 Å². The predicted octanol–water partition coefficient (Wildman–Crippen LogP) is 5.82. The van der Waals surface area contributed by atoms with Crippen LogP contribution in [0.3, 0.4) is 0 Å². The van der Waals surface area contributed by atoms with E-state index in [2.05, 4.69) is 51.3 Å². The second kappa shape index (κ2) is 6.06. The minimum Gasteiger partial charge on any atom is -0.0958 e. The van der Waals surface area contributed by atoms with Crippen molar-refractivity contribution in [2.75, 3.05) is 0 Å². The van der Waals surface area contributed by atoms with Crippen molar-refractivity contribution in [1.29, 1.82) is 0 Å². The Bertz CT molecular complexity index is 470. The number of hydrogen-bond acceptors (Lipinski definition) is 0. The van der Waals surface area contributed by atoms with Gasteiger partial charge < -0.3 is 0 Å². The lowest BCUT2D eigenvalue weighted by Gasteiger charge is -2.01. The SMILES string of the molecule is C=C(C)C1=CC(CCCC2=CCC(C(=C)C)=C2)=CC1. The molecule has 0 heteroatoms. The summed E-state index contributed by atoms with van der Waals surface area (Å²) in [6.07, 6.45) is 15.1. The van der Waals surface area contributed by atoms with Crippen molar-refractivity contribution >= 4 is 0 Å². The van der Waals surface area contributed by atoms with Gasteiger partial charge in [-0.05, 0) is 57.1 Å². The fraction of sp³-hybridized carbons (Fsp3) is 0.368. The van der Waals surface area contributed by atoms with Gasteiger partial charge in [-0.3, -0.25) is 0 Å². The van der Waals surface area contributed by atoms with Crippen molar-refractivity contribution in [2.24, 2.45) is 0 Å². The molecule has 2 rings (SSSR count). The molecule has 0 spiro atoms. The summed E-state index contributed by atoms with van der Waals surface area (Å²) in [6, 6.07) is 0. The molecule has 0 aromatic rings. The minimum atomic E-state index is 1.08. The summed E-state index contributed by atoms with van der Waals surface area (Å²) in [4.78, 5) is 0. The van der Waals surface area contributed by atoms with Gasteiger partial charge >= 0.3 is 0 Å². The summed E-state index contributed by atoms with van der Waals surface area (Å²) in [7, 11) is 0. The van der Waals surface area contributed by atoms with E-state index in [1.54, 1.807) is 0 Å². The maximum atomic E-state index is 4.01. The Morgan fingerprint density at radius 1 is 0.895 bits per heavy atom. The Morgan fingerprint density at radius 2 is 1.32 bits per heavy atom. The van der Waals surface area contributed by atoms with E-state index in [1.807, 2.05) is 0 Å². The smallest absolute Gasteiger partial charge is 0.00891 e. The minimum absolute atomic E-state index is 1.08. The Morgan fingerprint density at radius 3 is 1.63 bits per heavy atom. The van der Waals surface area contributed by atoms with Gasteiger partial charge in [0.2, 0.25) is 0 Å². The quantitative estimate of drug-likeness (QED) is 0.558. The molecule has 2 aliphatic rings. The van der Waals surface area contributed by atoms with Gasteiger partial charge in [-0.15, -0.1) is 0 Å². The van der Waals surface area contributed by atoms with Crippen molar-refractivity contribution in [3.8, 4) is 0 Å². The first kappa shape index (κ1) is 13.9. The van der Waals surface area contributed by atoms with E-state index in [0.717, 1.165) is 12.8 Å². The molecule has 0 nitrogen and oxygen atoms in total. The summed E-state index contributed by atoms with van der Waals surface area (Å²) < 4.78 is 0. The third-order valence-corrected chi connectivity index (χ3v) is 3.91. The molecule has 0 atom stereocenters. The first-order valence-corrected chi connectivity index (χ1v) is 7.17. The van der Waals surface area contributed by atoms with Crippen molar-refractivity contribution < 1.29 is 0 Å². The van der Waals surface area contributed by atoms with E-state index >= 15 is 0 Å². The zero-order chi connectivity index (χ0) is 13.8. The number of rotatable bonds is 6. The summed E-state index contributed by atoms with van der Waals surface area (Å²) in [5.74, 6) is 0. The van der Waals surface area contributed by atoms with Crippen LogP contribution in [0.5, 0.6) is 0 Å². The predicted molar refractivity (Wildman–Crippen MR) is 85.0 cm³/mol. The van der Waals surface area contributed by atoms with Gasteiger partial charge in [-0.25, -0.2) is 0 Å². The standard InChI is InChI=1S/C19H24/c1-14(2)18-10-8-16(12-18)6-5-7-17-9-11-19(13-17)15(3)4/h8-9,12-13H,1,3,5-7,10-11H2,2,4H3. The topological polar surface area (TPSA) is 0 Å². The maximum Gasteiger partial charge on any atom is -0.00891 e. The first-order valence-electron chi connectivity index (χ1n) is 7.17. The molecular weight excluding hydrogens is 228 g/mol. The van der Waals surface area contributed by atoms with Gasteiger partial charge in [-0.2, -0.15) is 0 Å². The van der Waals surface area contributed by atoms with E-state index in [-0.39, 0.29) is 0 Å². The monoisotopic (exact) mass is 252 g/mol. The lowest BCUT2D eigenvalue weighted by atomic mass is 10.0. The Balaban J connectivity index is 1.77. The Hall–Kier alpha value is -1.56. The van der Waals surface area contributed by atoms with E-state index in [4.69, 9.17) is 0 Å². The van der Waals surface area contributed by atoms with Crippen molar-refractivity contribution in [3.05, 3.63) is 70.9 Å². The Kier molecular flexibility index (Phi) is 4.42. The van der Waals surface area contributed by atoms with Crippen LogP contribution in [0.4, 0.5) is 0 Å². The van der Waals surface area contributed by atoms with E-state index in [9.17, 15) is 0 Å². The molecule has 2 aliphatic carbocycles. The molecule has 0 aromatic heterocycles. The molecule has 0 aromatic carbocycles. The van der Waals surface area contributed by atoms with Crippen LogP contribution in [0.2, 0.25) is 0 Å². The van der Waals surface area contributed by atoms with Crippen LogP contribution in [-0.4, -0.2) is 0 Å². The summed E-state index contributed by atoms with van der Waals surface area (Å²) in [5.41, 5.74) is 8.19. The number of allylic oxidation sites excluding steroid dienone is 10. The van der Waals surface area contributed by atoms with Gasteiger partial charge in [0, 0.05) is 0 Å². The molecule has 0 radical (unpaired) electrons. The van der Waals surface area contributed by atoms with Gasteiger partial charge in [0.25, 0.3) is 0 Å². The highest BCUT2D eigenvalue weighted by molar-refractivity contribution is 5.43. The third-order valence-electron chi connectivity index (χ3n) is 3.91. The van der Waals surface area contributed by atoms with Crippen molar-refractivity contribution in [3.63, 3.8) is 0 Å². The van der Waals surface area contributed by atoms with Crippen LogP contribution >= 0.6 is 0 Å². The van der Waals surface area contributed by atoms with E-state index < -0.39 is 0 Å². The lowest BCUT2D eigenvalue weighted by Crippen LogP contribution is -1.82. The molecule has 19 heavy (non-hydrogen) atoms. The second-order valence-corrected chi connectivity index (χ2v) is 5.72. The van der Waals surface area contributed by atoms with Crippen LogP contribution in [0.15, 0.2) is 70.9 Å². The van der Waals surface area contributed by atoms with Crippen LogP contribution in [0.25, 0.3) is 0 Å². The second-order valence-electron chi connectivity index (χ2n) is 5.72. The largest absolute Gasteiger partial charge is 0.0958 e. The zero-order valence-corrected chi connectivity index (χ0v) is 12.3. The van der Waals surface area contributed by atoms with E-state index in [0.29, 0.717) is 0 Å². The molecule has 0 aliphatic heterocycles. The molecule has 0 saturated heterocycles. The van der Waals surface area contributed by atoms with Crippen LogP contribution < -0.4 is 0 Å². The fourth-order valence-electron chi connectivity index (χ4n) is 2.61. The molecule has 0 unspecified atom stereocenters. The number of hydrogen-bond donors (Lipinski definition) is 0. The molecular formula is C19H24. The lowest BCUT2D eigenvalue weighted by molar-refractivity contribution is 0.828. The average Bonchev–Trinajstić information content (AvgIpc) is 2.97.